The highest BCUT2D eigenvalue weighted by atomic mass is 32.2. The summed E-state index contributed by atoms with van der Waals surface area (Å²) in [5, 5.41) is 20.0. The minimum atomic E-state index is -3.98. The highest BCUT2D eigenvalue weighted by molar-refractivity contribution is 7.93. The zero-order chi connectivity index (χ0) is 18.2. The maximum atomic E-state index is 12.8. The molecule has 0 saturated carbocycles. The van der Waals surface area contributed by atoms with E-state index in [-0.39, 0.29) is 21.9 Å². The van der Waals surface area contributed by atoms with E-state index in [9.17, 15) is 18.3 Å². The maximum Gasteiger partial charge on any atom is 0.335 e. The van der Waals surface area contributed by atoms with E-state index < -0.39 is 16.0 Å². The van der Waals surface area contributed by atoms with Gasteiger partial charge in [-0.3, -0.25) is 4.72 Å². The van der Waals surface area contributed by atoms with Gasteiger partial charge in [-0.05, 0) is 36.8 Å². The Morgan fingerprint density at radius 1 is 1.00 bits per heavy atom. The normalized spacial score (nSPS) is 11.4. The van der Waals surface area contributed by atoms with Crippen LogP contribution in [0.5, 0.6) is 5.75 Å². The van der Waals surface area contributed by atoms with Crippen LogP contribution < -0.4 is 4.72 Å². The van der Waals surface area contributed by atoms with Crippen molar-refractivity contribution >= 4 is 32.5 Å². The van der Waals surface area contributed by atoms with Crippen molar-refractivity contribution in [3.63, 3.8) is 0 Å². The highest BCUT2D eigenvalue weighted by Crippen LogP contribution is 2.34. The molecule has 0 aliphatic carbocycles. The van der Waals surface area contributed by atoms with Crippen molar-refractivity contribution in [2.75, 3.05) is 4.72 Å². The first-order valence-electron chi connectivity index (χ1n) is 7.37. The second kappa shape index (κ2) is 6.10. The number of benzene rings is 3. The first kappa shape index (κ1) is 16.8. The largest absolute Gasteiger partial charge is 0.507 e. The zero-order valence-corrected chi connectivity index (χ0v) is 14.0. The summed E-state index contributed by atoms with van der Waals surface area (Å²) in [6, 6.07) is 13.6. The zero-order valence-electron chi connectivity index (χ0n) is 13.2. The Morgan fingerprint density at radius 3 is 2.36 bits per heavy atom. The average Bonchev–Trinajstić information content (AvgIpc) is 2.58. The molecule has 0 atom stereocenters. The molecule has 7 heteroatoms. The molecule has 0 aromatic heterocycles. The van der Waals surface area contributed by atoms with Crippen LogP contribution in [0.15, 0.2) is 59.5 Å². The number of rotatable bonds is 4. The van der Waals surface area contributed by atoms with Crippen molar-refractivity contribution in [1.29, 1.82) is 0 Å². The molecule has 3 aromatic rings. The van der Waals surface area contributed by atoms with Gasteiger partial charge in [0.25, 0.3) is 10.0 Å². The van der Waals surface area contributed by atoms with Gasteiger partial charge in [-0.25, -0.2) is 13.2 Å². The molecule has 3 aromatic carbocycles. The summed E-state index contributed by atoms with van der Waals surface area (Å²) in [7, 11) is -3.98. The number of hydrogen-bond acceptors (Lipinski definition) is 4. The second-order valence-electron chi connectivity index (χ2n) is 5.58. The number of hydrogen-bond donors (Lipinski definition) is 3. The first-order chi connectivity index (χ1) is 11.8. The molecule has 6 nitrogen and oxygen atoms in total. The van der Waals surface area contributed by atoms with Crippen LogP contribution in [0.1, 0.15) is 15.9 Å². The number of sulfonamides is 1. The molecule has 0 radical (unpaired) electrons. The smallest absolute Gasteiger partial charge is 0.335 e. The fraction of sp³-hybridized carbons (Fsp3) is 0.0556. The van der Waals surface area contributed by atoms with Gasteiger partial charge in [0.05, 0.1) is 10.5 Å². The molecule has 0 aliphatic rings. The number of carboxylic acids is 1. The van der Waals surface area contributed by atoms with Gasteiger partial charge in [0.15, 0.2) is 0 Å². The molecule has 0 fully saturated rings. The van der Waals surface area contributed by atoms with Gasteiger partial charge in [0.2, 0.25) is 0 Å². The molecule has 0 aliphatic heterocycles. The number of carboxylic acid groups (broad SMARTS) is 1. The van der Waals surface area contributed by atoms with Crippen molar-refractivity contribution < 1.29 is 23.4 Å². The fourth-order valence-electron chi connectivity index (χ4n) is 2.61. The van der Waals surface area contributed by atoms with Crippen LogP contribution in [0.3, 0.4) is 0 Å². The number of carbonyl (C=O) groups is 1. The van der Waals surface area contributed by atoms with Crippen LogP contribution in [0, 0.1) is 6.92 Å². The molecule has 0 saturated heterocycles. The van der Waals surface area contributed by atoms with E-state index in [2.05, 4.69) is 4.72 Å². The molecule has 25 heavy (non-hydrogen) atoms. The summed E-state index contributed by atoms with van der Waals surface area (Å²) in [6.07, 6.45) is 0. The Hall–Kier alpha value is -3.06. The quantitative estimate of drug-likeness (QED) is 0.664. The van der Waals surface area contributed by atoms with E-state index in [0.717, 1.165) is 0 Å². The number of phenolic OH excluding ortho intramolecular Hbond substituents is 1. The van der Waals surface area contributed by atoms with Gasteiger partial charge >= 0.3 is 5.97 Å². The van der Waals surface area contributed by atoms with Crippen molar-refractivity contribution in [3.05, 3.63) is 65.7 Å². The Bertz CT molecular complexity index is 1090. The van der Waals surface area contributed by atoms with Crippen LogP contribution in [0.2, 0.25) is 0 Å². The van der Waals surface area contributed by atoms with Crippen LogP contribution in [0.4, 0.5) is 5.69 Å². The number of anilines is 1. The standard InChI is InChI=1S/C18H15NO5S/c1-11-9-16(14-7-2-3-8-15(14)17(11)20)25(23,24)19-13-6-4-5-12(10-13)18(21)22/h2-10,19-20H,1H3,(H,21,22). The predicted octanol–water partition coefficient (Wildman–Crippen LogP) is 3.35. The Kier molecular flexibility index (Phi) is 4.10. The average molecular weight is 357 g/mol. The number of aromatic hydroxyl groups is 1. The third kappa shape index (κ3) is 3.14. The number of fused-ring (bicyclic) bond motifs is 1. The van der Waals surface area contributed by atoms with E-state index in [1.807, 2.05) is 0 Å². The molecule has 0 amide bonds. The van der Waals surface area contributed by atoms with Gasteiger partial charge in [-0.1, -0.05) is 30.3 Å². The predicted molar refractivity (Wildman–Crippen MR) is 94.6 cm³/mol. The molecule has 0 bridgehead atoms. The Morgan fingerprint density at radius 2 is 1.68 bits per heavy atom. The Balaban J connectivity index is 2.13. The molecule has 128 valence electrons. The number of aromatic carboxylic acids is 1. The highest BCUT2D eigenvalue weighted by Gasteiger charge is 2.20. The van der Waals surface area contributed by atoms with E-state index in [4.69, 9.17) is 5.11 Å². The van der Waals surface area contributed by atoms with Gasteiger partial charge in [-0.15, -0.1) is 0 Å². The molecular formula is C18H15NO5S. The van der Waals surface area contributed by atoms with E-state index in [1.54, 1.807) is 31.2 Å². The summed E-state index contributed by atoms with van der Waals surface area (Å²) < 4.78 is 28.0. The van der Waals surface area contributed by atoms with Gasteiger partial charge in [0, 0.05) is 16.5 Å². The van der Waals surface area contributed by atoms with Crippen LogP contribution in [-0.2, 0) is 10.0 Å². The summed E-state index contributed by atoms with van der Waals surface area (Å²) in [6.45, 7) is 1.62. The van der Waals surface area contributed by atoms with Crippen LogP contribution >= 0.6 is 0 Å². The third-order valence-electron chi connectivity index (χ3n) is 3.82. The number of phenols is 1. The summed E-state index contributed by atoms with van der Waals surface area (Å²) in [5.74, 6) is -1.12. The maximum absolute atomic E-state index is 12.8. The summed E-state index contributed by atoms with van der Waals surface area (Å²) in [4.78, 5) is 11.1. The molecule has 0 spiro atoms. The van der Waals surface area contributed by atoms with Gasteiger partial charge in [-0.2, -0.15) is 0 Å². The van der Waals surface area contributed by atoms with Crippen molar-refractivity contribution in [2.24, 2.45) is 0 Å². The monoisotopic (exact) mass is 357 g/mol. The van der Waals surface area contributed by atoms with E-state index in [0.29, 0.717) is 16.3 Å². The summed E-state index contributed by atoms with van der Waals surface area (Å²) >= 11 is 0. The topological polar surface area (TPSA) is 104 Å². The molecule has 3 N–H and O–H groups in total. The lowest BCUT2D eigenvalue weighted by Crippen LogP contribution is -2.14. The third-order valence-corrected chi connectivity index (χ3v) is 5.24. The molecular weight excluding hydrogens is 342 g/mol. The minimum absolute atomic E-state index is 0.0131. The first-order valence-corrected chi connectivity index (χ1v) is 8.85. The SMILES string of the molecule is Cc1cc(S(=O)(=O)Nc2cccc(C(=O)O)c2)c2ccccc2c1O. The van der Waals surface area contributed by atoms with E-state index in [1.165, 1.54) is 30.3 Å². The molecule has 0 heterocycles. The van der Waals surface area contributed by atoms with Crippen molar-refractivity contribution in [2.45, 2.75) is 11.8 Å². The summed E-state index contributed by atoms with van der Waals surface area (Å²) in [5.41, 5.74) is 0.556. The number of nitrogens with one attached hydrogen (secondary N) is 1. The van der Waals surface area contributed by atoms with Crippen molar-refractivity contribution in [3.8, 4) is 5.75 Å². The lowest BCUT2D eigenvalue weighted by Gasteiger charge is -2.13. The Labute approximate surface area is 144 Å². The minimum Gasteiger partial charge on any atom is -0.507 e. The van der Waals surface area contributed by atoms with Crippen molar-refractivity contribution in [1.82, 2.24) is 0 Å². The fourth-order valence-corrected chi connectivity index (χ4v) is 3.95. The van der Waals surface area contributed by atoms with Crippen LogP contribution in [0.25, 0.3) is 10.8 Å². The second-order valence-corrected chi connectivity index (χ2v) is 7.23. The number of aryl methyl sites for hydroxylation is 1. The molecule has 0 unspecified atom stereocenters. The van der Waals surface area contributed by atoms with Gasteiger partial charge in [0.1, 0.15) is 5.75 Å². The molecule has 3 rings (SSSR count). The lowest BCUT2D eigenvalue weighted by molar-refractivity contribution is 0.0697. The lowest BCUT2D eigenvalue weighted by atomic mass is 10.1. The van der Waals surface area contributed by atoms with Gasteiger partial charge < -0.3 is 10.2 Å². The van der Waals surface area contributed by atoms with Crippen LogP contribution in [-0.4, -0.2) is 24.6 Å². The van der Waals surface area contributed by atoms with E-state index >= 15 is 0 Å².